The molecule has 1 atom stereocenters. The number of nitrogens with one attached hydrogen (secondary N) is 1. The van der Waals surface area contributed by atoms with Gasteiger partial charge in [-0.15, -0.1) is 0 Å². The Bertz CT molecular complexity index is 715. The number of anilines is 1. The van der Waals surface area contributed by atoms with Crippen LogP contribution in [-0.2, 0) is 9.53 Å². The molecule has 0 spiro atoms. The molecule has 0 saturated carbocycles. The largest absolute Gasteiger partial charge is 0.508 e. The average Bonchev–Trinajstić information content (AvgIpc) is 2.57. The van der Waals surface area contributed by atoms with E-state index < -0.39 is 18.0 Å². The van der Waals surface area contributed by atoms with Gasteiger partial charge in [-0.3, -0.25) is 4.79 Å². The van der Waals surface area contributed by atoms with Crippen molar-refractivity contribution >= 4 is 17.6 Å². The molecule has 2 aromatic carbocycles. The van der Waals surface area contributed by atoms with E-state index in [-0.39, 0.29) is 23.6 Å². The van der Waals surface area contributed by atoms with E-state index in [2.05, 4.69) is 5.32 Å². The zero-order chi connectivity index (χ0) is 17.5. The Morgan fingerprint density at radius 2 is 1.88 bits per heavy atom. The number of hydrogen-bond donors (Lipinski definition) is 2. The summed E-state index contributed by atoms with van der Waals surface area (Å²) >= 11 is 0. The summed E-state index contributed by atoms with van der Waals surface area (Å²) in [6.07, 6.45) is -0.767. The van der Waals surface area contributed by atoms with Crippen LogP contribution in [0.5, 0.6) is 11.5 Å². The Morgan fingerprint density at radius 3 is 2.54 bits per heavy atom. The third-order valence-corrected chi connectivity index (χ3v) is 3.18. The van der Waals surface area contributed by atoms with Crippen molar-refractivity contribution in [2.45, 2.75) is 20.0 Å². The molecule has 0 aromatic heterocycles. The molecule has 24 heavy (non-hydrogen) atoms. The second-order valence-electron chi connectivity index (χ2n) is 5.01. The summed E-state index contributed by atoms with van der Waals surface area (Å²) in [5, 5.41) is 12.2. The summed E-state index contributed by atoms with van der Waals surface area (Å²) in [4.78, 5) is 24.2. The van der Waals surface area contributed by atoms with Crippen molar-refractivity contribution in [1.82, 2.24) is 0 Å². The van der Waals surface area contributed by atoms with Gasteiger partial charge in [0, 0.05) is 0 Å². The average molecular weight is 329 g/mol. The molecule has 1 amide bonds. The normalized spacial score (nSPS) is 11.4. The maximum atomic E-state index is 12.3. The van der Waals surface area contributed by atoms with Gasteiger partial charge in [0.1, 0.15) is 11.5 Å². The van der Waals surface area contributed by atoms with Crippen molar-refractivity contribution < 1.29 is 24.2 Å². The SMILES string of the molecule is CCOC(=O)c1cc(O)ccc1NC(=O)C(C)Oc1ccccc1. The van der Waals surface area contributed by atoms with Crippen LogP contribution in [0, 0.1) is 0 Å². The lowest BCUT2D eigenvalue weighted by atomic mass is 10.1. The van der Waals surface area contributed by atoms with Gasteiger partial charge in [0.15, 0.2) is 6.10 Å². The third kappa shape index (κ3) is 4.49. The lowest BCUT2D eigenvalue weighted by Crippen LogP contribution is -2.30. The van der Waals surface area contributed by atoms with E-state index in [9.17, 15) is 14.7 Å². The topological polar surface area (TPSA) is 84.9 Å². The zero-order valence-corrected chi connectivity index (χ0v) is 13.5. The molecule has 0 saturated heterocycles. The van der Waals surface area contributed by atoms with E-state index in [1.807, 2.05) is 6.07 Å². The summed E-state index contributed by atoms with van der Waals surface area (Å²) in [5.41, 5.74) is 0.330. The summed E-state index contributed by atoms with van der Waals surface area (Å²) in [6.45, 7) is 3.47. The molecular weight excluding hydrogens is 310 g/mol. The molecule has 0 bridgehead atoms. The van der Waals surface area contributed by atoms with Crippen LogP contribution in [-0.4, -0.2) is 29.7 Å². The minimum Gasteiger partial charge on any atom is -0.508 e. The quantitative estimate of drug-likeness (QED) is 0.629. The van der Waals surface area contributed by atoms with Gasteiger partial charge in [-0.05, 0) is 44.2 Å². The van der Waals surface area contributed by atoms with Crippen molar-refractivity contribution in [3.8, 4) is 11.5 Å². The maximum Gasteiger partial charge on any atom is 0.340 e. The van der Waals surface area contributed by atoms with E-state index >= 15 is 0 Å². The zero-order valence-electron chi connectivity index (χ0n) is 13.5. The van der Waals surface area contributed by atoms with Crippen molar-refractivity contribution in [3.63, 3.8) is 0 Å². The van der Waals surface area contributed by atoms with Crippen LogP contribution in [0.3, 0.4) is 0 Å². The number of hydrogen-bond acceptors (Lipinski definition) is 5. The first-order chi connectivity index (χ1) is 11.5. The highest BCUT2D eigenvalue weighted by Crippen LogP contribution is 2.23. The number of phenolic OH excluding ortho intramolecular Hbond substituents is 1. The van der Waals surface area contributed by atoms with Gasteiger partial charge in [-0.25, -0.2) is 4.79 Å². The minimum atomic E-state index is -0.767. The Kier molecular flexibility index (Phi) is 5.78. The fourth-order valence-corrected chi connectivity index (χ4v) is 2.01. The highest BCUT2D eigenvalue weighted by atomic mass is 16.5. The fourth-order valence-electron chi connectivity index (χ4n) is 2.01. The van der Waals surface area contributed by atoms with Crippen LogP contribution >= 0.6 is 0 Å². The number of para-hydroxylation sites is 1. The first kappa shape index (κ1) is 17.3. The standard InChI is InChI=1S/C18H19NO5/c1-3-23-18(22)15-11-13(20)9-10-16(15)19-17(21)12(2)24-14-7-5-4-6-8-14/h4-12,20H,3H2,1-2H3,(H,19,21). The number of aromatic hydroxyl groups is 1. The molecule has 2 aromatic rings. The molecule has 0 aliphatic heterocycles. The third-order valence-electron chi connectivity index (χ3n) is 3.18. The molecule has 0 aliphatic carbocycles. The highest BCUT2D eigenvalue weighted by Gasteiger charge is 2.19. The number of phenols is 1. The van der Waals surface area contributed by atoms with Gasteiger partial charge < -0.3 is 19.9 Å². The van der Waals surface area contributed by atoms with E-state index in [0.29, 0.717) is 5.75 Å². The second-order valence-corrected chi connectivity index (χ2v) is 5.01. The first-order valence-electron chi connectivity index (χ1n) is 7.54. The van der Waals surface area contributed by atoms with Crippen molar-refractivity contribution in [3.05, 3.63) is 54.1 Å². The molecule has 0 fully saturated rings. The smallest absolute Gasteiger partial charge is 0.340 e. The molecular formula is C18H19NO5. The highest BCUT2D eigenvalue weighted by molar-refractivity contribution is 6.02. The van der Waals surface area contributed by atoms with E-state index in [4.69, 9.17) is 9.47 Å². The molecule has 0 heterocycles. The number of amides is 1. The predicted molar refractivity (Wildman–Crippen MR) is 89.2 cm³/mol. The number of carbonyl (C=O) groups excluding carboxylic acids is 2. The molecule has 6 heteroatoms. The number of esters is 1. The molecule has 2 rings (SSSR count). The Morgan fingerprint density at radius 1 is 1.17 bits per heavy atom. The van der Waals surface area contributed by atoms with E-state index in [1.165, 1.54) is 18.2 Å². The van der Waals surface area contributed by atoms with Crippen molar-refractivity contribution in [1.29, 1.82) is 0 Å². The summed E-state index contributed by atoms with van der Waals surface area (Å²) in [7, 11) is 0. The summed E-state index contributed by atoms with van der Waals surface area (Å²) < 4.78 is 10.5. The van der Waals surface area contributed by atoms with E-state index in [0.717, 1.165) is 0 Å². The molecule has 126 valence electrons. The van der Waals surface area contributed by atoms with Crippen LogP contribution in [0.2, 0.25) is 0 Å². The van der Waals surface area contributed by atoms with Crippen molar-refractivity contribution in [2.24, 2.45) is 0 Å². The van der Waals surface area contributed by atoms with Crippen LogP contribution < -0.4 is 10.1 Å². The molecule has 0 radical (unpaired) electrons. The summed E-state index contributed by atoms with van der Waals surface area (Å²) in [5.74, 6) is -0.573. The number of ether oxygens (including phenoxy) is 2. The summed E-state index contributed by atoms with van der Waals surface area (Å²) in [6, 6.07) is 13.0. The number of carbonyl (C=O) groups is 2. The Balaban J connectivity index is 2.12. The van der Waals surface area contributed by atoms with Gasteiger partial charge in [0.2, 0.25) is 0 Å². The Labute approximate surface area is 140 Å². The van der Waals surface area contributed by atoms with Gasteiger partial charge in [-0.1, -0.05) is 18.2 Å². The minimum absolute atomic E-state index is 0.0807. The lowest BCUT2D eigenvalue weighted by Gasteiger charge is -2.16. The predicted octanol–water partition coefficient (Wildman–Crippen LogP) is 2.97. The van der Waals surface area contributed by atoms with Crippen LogP contribution in [0.1, 0.15) is 24.2 Å². The molecule has 2 N–H and O–H groups in total. The molecule has 1 unspecified atom stereocenters. The monoisotopic (exact) mass is 329 g/mol. The van der Waals surface area contributed by atoms with Crippen LogP contribution in [0.25, 0.3) is 0 Å². The lowest BCUT2D eigenvalue weighted by molar-refractivity contribution is -0.122. The van der Waals surface area contributed by atoms with Crippen LogP contribution in [0.15, 0.2) is 48.5 Å². The first-order valence-corrected chi connectivity index (χ1v) is 7.54. The van der Waals surface area contributed by atoms with Gasteiger partial charge in [-0.2, -0.15) is 0 Å². The Hall–Kier alpha value is -3.02. The molecule has 6 nitrogen and oxygen atoms in total. The fraction of sp³-hybridized carbons (Fsp3) is 0.222. The van der Waals surface area contributed by atoms with Gasteiger partial charge >= 0.3 is 5.97 Å². The van der Waals surface area contributed by atoms with Crippen molar-refractivity contribution in [2.75, 3.05) is 11.9 Å². The van der Waals surface area contributed by atoms with Gasteiger partial charge in [0.25, 0.3) is 5.91 Å². The van der Waals surface area contributed by atoms with Gasteiger partial charge in [0.05, 0.1) is 17.9 Å². The number of rotatable bonds is 6. The van der Waals surface area contributed by atoms with E-state index in [1.54, 1.807) is 38.1 Å². The maximum absolute atomic E-state index is 12.3. The second kappa shape index (κ2) is 8.01. The number of benzene rings is 2. The molecule has 0 aliphatic rings. The van der Waals surface area contributed by atoms with Crippen LogP contribution in [0.4, 0.5) is 5.69 Å².